The maximum absolute atomic E-state index is 12.6. The number of carbonyl (C=O) groups excluding carboxylic acids is 2. The number of cyclic esters (lactones) is 1. The number of nitrogens with zero attached hydrogens (tertiary/aromatic N) is 5. The molecule has 0 radical (unpaired) electrons. The summed E-state index contributed by atoms with van der Waals surface area (Å²) in [5, 5.41) is 12.5. The molecule has 2 rings (SSSR count). The normalized spacial score (nSPS) is 17.1. The van der Waals surface area contributed by atoms with Crippen molar-refractivity contribution in [2.24, 2.45) is 0 Å². The van der Waals surface area contributed by atoms with Crippen LogP contribution in [0.15, 0.2) is 0 Å². The number of likely N-dealkylation sites (N-methyl/N-ethyl adjacent to an activating group) is 1. The standard InChI is InChI=1S/C26H50N6O5/c1-3-5-10-29(15-14-28(4-2)22-25(34)35)16-17-30(18-19-31-20-21-37-26(36)23-31)11-6-7-24(33)32-12-8-27-9-13-32/h27H,3-23H2,1-2H3,(H,34,35). The third-order valence-electron chi connectivity index (χ3n) is 7.19. The molecular weight excluding hydrogens is 476 g/mol. The molecule has 37 heavy (non-hydrogen) atoms. The van der Waals surface area contributed by atoms with Gasteiger partial charge in [-0.15, -0.1) is 0 Å². The number of amides is 1. The minimum absolute atomic E-state index is 0.0730. The van der Waals surface area contributed by atoms with Crippen molar-refractivity contribution in [2.45, 2.75) is 39.5 Å². The van der Waals surface area contributed by atoms with Crippen LogP contribution in [0.2, 0.25) is 0 Å². The van der Waals surface area contributed by atoms with Gasteiger partial charge in [0.05, 0.1) is 13.1 Å². The minimum Gasteiger partial charge on any atom is -0.480 e. The first-order valence-corrected chi connectivity index (χ1v) is 14.2. The van der Waals surface area contributed by atoms with Crippen LogP contribution < -0.4 is 5.32 Å². The molecule has 2 aliphatic rings. The molecule has 0 bridgehead atoms. The smallest absolute Gasteiger partial charge is 0.320 e. The molecule has 1 amide bonds. The number of esters is 1. The van der Waals surface area contributed by atoms with Crippen LogP contribution in [-0.2, 0) is 19.1 Å². The number of hydrogen-bond donors (Lipinski definition) is 2. The van der Waals surface area contributed by atoms with E-state index in [1.54, 1.807) is 0 Å². The Bertz CT molecular complexity index is 676. The van der Waals surface area contributed by atoms with Gasteiger partial charge in [-0.2, -0.15) is 0 Å². The second-order valence-electron chi connectivity index (χ2n) is 10.0. The van der Waals surface area contributed by atoms with E-state index in [0.717, 1.165) is 111 Å². The van der Waals surface area contributed by atoms with Crippen molar-refractivity contribution in [3.05, 3.63) is 0 Å². The number of rotatable bonds is 19. The Kier molecular flexibility index (Phi) is 15.7. The summed E-state index contributed by atoms with van der Waals surface area (Å²) in [5.74, 6) is -0.708. The highest BCUT2D eigenvalue weighted by molar-refractivity contribution is 5.76. The molecule has 11 nitrogen and oxygen atoms in total. The lowest BCUT2D eigenvalue weighted by Crippen LogP contribution is -2.47. The van der Waals surface area contributed by atoms with E-state index >= 15 is 0 Å². The molecule has 0 saturated carbocycles. The molecule has 0 spiro atoms. The number of hydrogen-bond acceptors (Lipinski definition) is 9. The van der Waals surface area contributed by atoms with Crippen LogP contribution in [0.3, 0.4) is 0 Å². The van der Waals surface area contributed by atoms with Gasteiger partial charge in [0.25, 0.3) is 0 Å². The molecule has 0 atom stereocenters. The lowest BCUT2D eigenvalue weighted by atomic mass is 10.2. The van der Waals surface area contributed by atoms with E-state index in [2.05, 4.69) is 26.9 Å². The van der Waals surface area contributed by atoms with Crippen LogP contribution in [0.25, 0.3) is 0 Å². The maximum atomic E-state index is 12.6. The molecule has 11 heteroatoms. The average Bonchev–Trinajstić information content (AvgIpc) is 2.90. The number of carbonyl (C=O) groups is 3. The molecule has 0 aromatic rings. The van der Waals surface area contributed by atoms with Crippen LogP contribution in [0.5, 0.6) is 0 Å². The molecule has 0 unspecified atom stereocenters. The number of carboxylic acids is 1. The van der Waals surface area contributed by atoms with Gasteiger partial charge in [0.2, 0.25) is 5.91 Å². The average molecular weight is 527 g/mol. The van der Waals surface area contributed by atoms with Gasteiger partial charge in [0, 0.05) is 78.4 Å². The zero-order valence-corrected chi connectivity index (χ0v) is 23.2. The third kappa shape index (κ3) is 13.5. The fourth-order valence-corrected chi connectivity index (χ4v) is 4.75. The number of ether oxygens (including phenoxy) is 1. The highest BCUT2D eigenvalue weighted by Crippen LogP contribution is 2.05. The maximum Gasteiger partial charge on any atom is 0.320 e. The van der Waals surface area contributed by atoms with Crippen LogP contribution in [0, 0.1) is 0 Å². The largest absolute Gasteiger partial charge is 0.480 e. The highest BCUT2D eigenvalue weighted by Gasteiger charge is 2.20. The first kappa shape index (κ1) is 31.4. The van der Waals surface area contributed by atoms with Gasteiger partial charge in [-0.05, 0) is 32.5 Å². The molecular formula is C26H50N6O5. The number of unbranched alkanes of at least 4 members (excludes halogenated alkanes) is 1. The number of piperazine rings is 1. The van der Waals surface area contributed by atoms with E-state index < -0.39 is 5.97 Å². The van der Waals surface area contributed by atoms with E-state index in [1.807, 2.05) is 16.7 Å². The highest BCUT2D eigenvalue weighted by atomic mass is 16.5. The van der Waals surface area contributed by atoms with Gasteiger partial charge in [0.1, 0.15) is 6.61 Å². The van der Waals surface area contributed by atoms with Crippen LogP contribution in [0.4, 0.5) is 0 Å². The first-order valence-electron chi connectivity index (χ1n) is 14.2. The van der Waals surface area contributed by atoms with Crippen molar-refractivity contribution in [3.63, 3.8) is 0 Å². The molecule has 2 N–H and O–H groups in total. The number of aliphatic carboxylic acids is 1. The van der Waals surface area contributed by atoms with Gasteiger partial charge in [-0.25, -0.2) is 0 Å². The molecule has 0 aromatic heterocycles. The van der Waals surface area contributed by atoms with Crippen molar-refractivity contribution in [1.29, 1.82) is 0 Å². The van der Waals surface area contributed by atoms with E-state index in [0.29, 0.717) is 19.6 Å². The van der Waals surface area contributed by atoms with Gasteiger partial charge in [-0.3, -0.25) is 24.2 Å². The van der Waals surface area contributed by atoms with E-state index in [1.165, 1.54) is 0 Å². The first-order chi connectivity index (χ1) is 17.9. The SMILES string of the molecule is CCCCN(CCN(CCCC(=O)N1CCNCC1)CCN1CCOC(=O)C1)CCN(CC)CC(=O)O. The predicted molar refractivity (Wildman–Crippen MR) is 144 cm³/mol. The lowest BCUT2D eigenvalue weighted by molar-refractivity contribution is -0.150. The number of morpholine rings is 1. The second-order valence-corrected chi connectivity index (χ2v) is 10.0. The monoisotopic (exact) mass is 526 g/mol. The zero-order chi connectivity index (χ0) is 26.9. The Morgan fingerprint density at radius 2 is 1.57 bits per heavy atom. The van der Waals surface area contributed by atoms with E-state index in [9.17, 15) is 14.4 Å². The summed E-state index contributed by atoms with van der Waals surface area (Å²) in [7, 11) is 0. The van der Waals surface area contributed by atoms with Crippen LogP contribution in [-0.4, -0.2) is 159 Å². The van der Waals surface area contributed by atoms with Crippen molar-refractivity contribution in [1.82, 2.24) is 29.8 Å². The van der Waals surface area contributed by atoms with Gasteiger partial charge < -0.3 is 29.9 Å². The van der Waals surface area contributed by atoms with Crippen molar-refractivity contribution < 1.29 is 24.2 Å². The van der Waals surface area contributed by atoms with Gasteiger partial charge in [-0.1, -0.05) is 20.3 Å². The zero-order valence-electron chi connectivity index (χ0n) is 23.2. The molecule has 2 saturated heterocycles. The molecule has 214 valence electrons. The number of nitrogens with one attached hydrogen (secondary N) is 1. The van der Waals surface area contributed by atoms with Gasteiger partial charge >= 0.3 is 11.9 Å². The number of carboxylic acid groups (broad SMARTS) is 1. The summed E-state index contributed by atoms with van der Waals surface area (Å²) in [6.45, 7) is 16.7. The Balaban J connectivity index is 1.88. The van der Waals surface area contributed by atoms with E-state index in [-0.39, 0.29) is 18.4 Å². The Morgan fingerprint density at radius 3 is 2.19 bits per heavy atom. The van der Waals surface area contributed by atoms with Crippen molar-refractivity contribution >= 4 is 17.8 Å². The lowest BCUT2D eigenvalue weighted by Gasteiger charge is -2.32. The second kappa shape index (κ2) is 18.5. The summed E-state index contributed by atoms with van der Waals surface area (Å²) in [5.41, 5.74) is 0. The molecule has 2 heterocycles. The van der Waals surface area contributed by atoms with Crippen molar-refractivity contribution in [3.8, 4) is 0 Å². The van der Waals surface area contributed by atoms with Gasteiger partial charge in [0.15, 0.2) is 0 Å². The third-order valence-corrected chi connectivity index (χ3v) is 7.19. The van der Waals surface area contributed by atoms with E-state index in [4.69, 9.17) is 9.84 Å². The Hall–Kier alpha value is -1.79. The summed E-state index contributed by atoms with van der Waals surface area (Å²) in [6, 6.07) is 0. The fourth-order valence-electron chi connectivity index (χ4n) is 4.75. The summed E-state index contributed by atoms with van der Waals surface area (Å²) in [4.78, 5) is 46.4. The summed E-state index contributed by atoms with van der Waals surface area (Å²) in [6.07, 6.45) is 3.61. The van der Waals surface area contributed by atoms with Crippen LogP contribution in [0.1, 0.15) is 39.5 Å². The fraction of sp³-hybridized carbons (Fsp3) is 0.885. The quantitative estimate of drug-likeness (QED) is 0.221. The Labute approximate surface area is 223 Å². The molecule has 0 aliphatic carbocycles. The molecule has 0 aromatic carbocycles. The Morgan fingerprint density at radius 1 is 0.919 bits per heavy atom. The predicted octanol–water partition coefficient (Wildman–Crippen LogP) is -0.132. The van der Waals surface area contributed by atoms with Crippen molar-refractivity contribution in [2.75, 3.05) is 111 Å². The topological polar surface area (TPSA) is 109 Å². The molecule has 2 aliphatic heterocycles. The molecule has 2 fully saturated rings. The summed E-state index contributed by atoms with van der Waals surface area (Å²) < 4.78 is 5.07. The van der Waals surface area contributed by atoms with Crippen LogP contribution >= 0.6 is 0 Å². The summed E-state index contributed by atoms with van der Waals surface area (Å²) >= 11 is 0. The minimum atomic E-state index is -0.787.